The molecule has 0 aliphatic rings. The maximum atomic E-state index is 12.5. The molecule has 0 fully saturated rings. The van der Waals surface area contributed by atoms with Crippen LogP contribution in [0.5, 0.6) is 5.75 Å². The molecule has 0 radical (unpaired) electrons. The molecule has 0 aliphatic carbocycles. The Morgan fingerprint density at radius 3 is 2.46 bits per heavy atom. The molecule has 1 aromatic carbocycles. The summed E-state index contributed by atoms with van der Waals surface area (Å²) in [6.07, 6.45) is -2.49. The lowest BCUT2D eigenvalue weighted by Crippen LogP contribution is -2.25. The average Bonchev–Trinajstić information content (AvgIpc) is 2.53. The highest BCUT2D eigenvalue weighted by molar-refractivity contribution is 7.98. The van der Waals surface area contributed by atoms with Gasteiger partial charge in [-0.25, -0.2) is 9.97 Å². The van der Waals surface area contributed by atoms with Crippen LogP contribution >= 0.6 is 11.8 Å². The number of likely N-dealkylation sites (N-methyl/N-ethyl adjacent to an activating group) is 1. The molecule has 5 nitrogen and oxygen atoms in total. The highest BCUT2D eigenvalue weighted by atomic mass is 32.2. The molecule has 1 aromatic heterocycles. The summed E-state index contributed by atoms with van der Waals surface area (Å²) in [5.41, 5.74) is 5.03. The molecule has 9 heteroatoms. The number of nitrogen functional groups attached to an aromatic ring is 1. The first kappa shape index (κ1) is 18.2. The van der Waals surface area contributed by atoms with Gasteiger partial charge in [-0.3, -0.25) is 0 Å². The van der Waals surface area contributed by atoms with E-state index >= 15 is 0 Å². The van der Waals surface area contributed by atoms with E-state index in [9.17, 15) is 13.2 Å². The molecule has 24 heavy (non-hydrogen) atoms. The smallest absolute Gasteiger partial charge is 0.416 e. The molecule has 0 bridgehead atoms. The monoisotopic (exact) mass is 358 g/mol. The van der Waals surface area contributed by atoms with Crippen molar-refractivity contribution in [1.82, 2.24) is 9.97 Å². The quantitative estimate of drug-likeness (QED) is 0.631. The zero-order chi connectivity index (χ0) is 17.7. The Bertz CT molecular complexity index is 679. The van der Waals surface area contributed by atoms with Gasteiger partial charge in [0.1, 0.15) is 24.0 Å². The molecular formula is C15H17F3N4OS. The number of anilines is 2. The van der Waals surface area contributed by atoms with Crippen LogP contribution in [0.25, 0.3) is 0 Å². The lowest BCUT2D eigenvalue weighted by atomic mass is 10.2. The van der Waals surface area contributed by atoms with Gasteiger partial charge in [-0.2, -0.15) is 13.2 Å². The van der Waals surface area contributed by atoms with Crippen molar-refractivity contribution >= 4 is 23.4 Å². The number of nitrogens with zero attached hydrogens (tertiary/aromatic N) is 3. The van der Waals surface area contributed by atoms with Gasteiger partial charge in [0.15, 0.2) is 5.16 Å². The van der Waals surface area contributed by atoms with Gasteiger partial charge in [0.2, 0.25) is 0 Å². The van der Waals surface area contributed by atoms with E-state index < -0.39 is 11.7 Å². The molecule has 130 valence electrons. The third-order valence-corrected chi connectivity index (χ3v) is 3.71. The zero-order valence-electron chi connectivity index (χ0n) is 13.2. The SMILES string of the molecule is CSc1nc(N)cc(N(C)CCOc2ccc(C(F)(F)F)cc2)n1. The van der Waals surface area contributed by atoms with Gasteiger partial charge in [0.25, 0.3) is 0 Å². The fourth-order valence-electron chi connectivity index (χ4n) is 1.87. The van der Waals surface area contributed by atoms with E-state index in [-0.39, 0.29) is 0 Å². The van der Waals surface area contributed by atoms with Gasteiger partial charge in [0, 0.05) is 13.1 Å². The number of rotatable bonds is 6. The second-order valence-electron chi connectivity index (χ2n) is 4.93. The van der Waals surface area contributed by atoms with E-state index in [0.29, 0.717) is 35.7 Å². The van der Waals surface area contributed by atoms with E-state index in [2.05, 4.69) is 9.97 Å². The maximum Gasteiger partial charge on any atom is 0.416 e. The van der Waals surface area contributed by atoms with Crippen LogP contribution in [0.15, 0.2) is 35.5 Å². The van der Waals surface area contributed by atoms with Crippen molar-refractivity contribution in [3.8, 4) is 5.75 Å². The second-order valence-corrected chi connectivity index (χ2v) is 5.70. The van der Waals surface area contributed by atoms with E-state index in [0.717, 1.165) is 12.1 Å². The van der Waals surface area contributed by atoms with Gasteiger partial charge in [-0.05, 0) is 30.5 Å². The number of halogens is 3. The molecular weight excluding hydrogens is 341 g/mol. The van der Waals surface area contributed by atoms with Crippen molar-refractivity contribution in [2.24, 2.45) is 0 Å². The number of ether oxygens (including phenoxy) is 1. The Labute approximate surface area is 142 Å². The highest BCUT2D eigenvalue weighted by Gasteiger charge is 2.29. The number of benzene rings is 1. The largest absolute Gasteiger partial charge is 0.492 e. The van der Waals surface area contributed by atoms with E-state index in [1.165, 1.54) is 23.9 Å². The fourth-order valence-corrected chi connectivity index (χ4v) is 2.25. The van der Waals surface area contributed by atoms with Crippen molar-refractivity contribution in [2.45, 2.75) is 11.3 Å². The summed E-state index contributed by atoms with van der Waals surface area (Å²) in [6.45, 7) is 0.783. The van der Waals surface area contributed by atoms with Crippen LogP contribution in [0, 0.1) is 0 Å². The van der Waals surface area contributed by atoms with E-state index in [4.69, 9.17) is 10.5 Å². The molecule has 0 unspecified atom stereocenters. The highest BCUT2D eigenvalue weighted by Crippen LogP contribution is 2.30. The number of nitrogens with two attached hydrogens (primary N) is 1. The van der Waals surface area contributed by atoms with E-state index in [1.54, 1.807) is 6.07 Å². The summed E-state index contributed by atoms with van der Waals surface area (Å²) in [7, 11) is 1.82. The summed E-state index contributed by atoms with van der Waals surface area (Å²) in [4.78, 5) is 10.2. The standard InChI is InChI=1S/C15H17F3N4OS/c1-22(13-9-12(19)20-14(21-13)24-2)7-8-23-11-5-3-10(4-6-11)15(16,17)18/h3-6,9H,7-8H2,1-2H3,(H2,19,20,21). The molecule has 2 aromatic rings. The van der Waals surface area contributed by atoms with Crippen molar-refractivity contribution in [2.75, 3.05) is 37.1 Å². The lowest BCUT2D eigenvalue weighted by molar-refractivity contribution is -0.137. The first-order chi connectivity index (χ1) is 11.3. The van der Waals surface area contributed by atoms with Gasteiger partial charge in [0.05, 0.1) is 12.1 Å². The Morgan fingerprint density at radius 2 is 1.88 bits per heavy atom. The topological polar surface area (TPSA) is 64.3 Å². The second kappa shape index (κ2) is 7.61. The minimum absolute atomic E-state index is 0.292. The first-order valence-corrected chi connectivity index (χ1v) is 8.22. The number of hydrogen-bond donors (Lipinski definition) is 1. The lowest BCUT2D eigenvalue weighted by Gasteiger charge is -2.19. The minimum atomic E-state index is -4.35. The van der Waals surface area contributed by atoms with Gasteiger partial charge < -0.3 is 15.4 Å². The number of alkyl halides is 3. The Balaban J connectivity index is 1.91. The molecule has 0 saturated heterocycles. The van der Waals surface area contributed by atoms with Crippen molar-refractivity contribution in [3.05, 3.63) is 35.9 Å². The normalized spacial score (nSPS) is 11.4. The molecule has 2 rings (SSSR count). The maximum absolute atomic E-state index is 12.5. The van der Waals surface area contributed by atoms with E-state index in [1.807, 2.05) is 18.2 Å². The van der Waals surface area contributed by atoms with Gasteiger partial charge in [-0.15, -0.1) is 0 Å². The van der Waals surface area contributed by atoms with Gasteiger partial charge in [-0.1, -0.05) is 11.8 Å². The van der Waals surface area contributed by atoms with Gasteiger partial charge >= 0.3 is 6.18 Å². The van der Waals surface area contributed by atoms with Crippen LogP contribution in [0.2, 0.25) is 0 Å². The predicted octanol–water partition coefficient (Wildman–Crippen LogP) is 3.31. The predicted molar refractivity (Wildman–Crippen MR) is 88.4 cm³/mol. The van der Waals surface area contributed by atoms with Crippen LogP contribution in [0.1, 0.15) is 5.56 Å². The molecule has 2 N–H and O–H groups in total. The Hall–Kier alpha value is -2.16. The molecule has 0 spiro atoms. The zero-order valence-corrected chi connectivity index (χ0v) is 14.0. The van der Waals surface area contributed by atoms with Crippen molar-refractivity contribution in [1.29, 1.82) is 0 Å². The molecule has 0 amide bonds. The summed E-state index contributed by atoms with van der Waals surface area (Å²) in [5, 5.41) is 0.570. The molecule has 1 heterocycles. The number of thioether (sulfide) groups is 1. The molecule has 0 saturated carbocycles. The minimum Gasteiger partial charge on any atom is -0.492 e. The summed E-state index contributed by atoms with van der Waals surface area (Å²) in [6, 6.07) is 6.25. The summed E-state index contributed by atoms with van der Waals surface area (Å²) >= 11 is 1.39. The van der Waals surface area contributed by atoms with Crippen LogP contribution in [-0.4, -0.2) is 36.4 Å². The van der Waals surface area contributed by atoms with Crippen LogP contribution in [0.3, 0.4) is 0 Å². The average molecular weight is 358 g/mol. The van der Waals surface area contributed by atoms with Crippen LogP contribution < -0.4 is 15.4 Å². The number of aromatic nitrogens is 2. The summed E-state index contributed by atoms with van der Waals surface area (Å²) < 4.78 is 42.9. The third-order valence-electron chi connectivity index (χ3n) is 3.16. The Morgan fingerprint density at radius 1 is 1.21 bits per heavy atom. The van der Waals surface area contributed by atoms with Crippen LogP contribution in [-0.2, 0) is 6.18 Å². The molecule has 0 aliphatic heterocycles. The fraction of sp³-hybridized carbons (Fsp3) is 0.333. The van der Waals surface area contributed by atoms with Crippen molar-refractivity contribution < 1.29 is 17.9 Å². The summed E-state index contributed by atoms with van der Waals surface area (Å²) in [5.74, 6) is 1.41. The first-order valence-electron chi connectivity index (χ1n) is 6.99. The number of hydrogen-bond acceptors (Lipinski definition) is 6. The third kappa shape index (κ3) is 4.92. The molecule has 0 atom stereocenters. The van der Waals surface area contributed by atoms with Crippen LogP contribution in [0.4, 0.5) is 24.8 Å². The van der Waals surface area contributed by atoms with Crippen molar-refractivity contribution in [3.63, 3.8) is 0 Å². The Kier molecular flexibility index (Phi) is 5.76.